The van der Waals surface area contributed by atoms with E-state index in [9.17, 15) is 9.59 Å². The number of carbonyl (C=O) groups excluding carboxylic acids is 1. The number of nitrogens with zero attached hydrogens (tertiary/aromatic N) is 3. The van der Waals surface area contributed by atoms with Crippen LogP contribution in [0.5, 0.6) is 0 Å². The van der Waals surface area contributed by atoms with Crippen molar-refractivity contribution in [2.24, 2.45) is 0 Å². The van der Waals surface area contributed by atoms with Gasteiger partial charge in [0.25, 0.3) is 11.5 Å². The van der Waals surface area contributed by atoms with Gasteiger partial charge in [-0.1, -0.05) is 18.2 Å². The molecule has 3 heterocycles. The Morgan fingerprint density at radius 2 is 1.77 bits per heavy atom. The third-order valence-corrected chi connectivity index (χ3v) is 5.34. The summed E-state index contributed by atoms with van der Waals surface area (Å²) in [6, 6.07) is 13.4. The van der Waals surface area contributed by atoms with Gasteiger partial charge in [-0.15, -0.1) is 12.4 Å². The largest absolute Gasteiger partial charge is 0.337 e. The fraction of sp³-hybridized carbons (Fsp3) is 0.421. The highest BCUT2D eigenvalue weighted by molar-refractivity contribution is 5.92. The number of hydrogen-bond donors (Lipinski definition) is 1. The second-order valence-corrected chi connectivity index (χ2v) is 6.98. The minimum absolute atomic E-state index is 0. The van der Waals surface area contributed by atoms with Gasteiger partial charge < -0.3 is 10.2 Å². The summed E-state index contributed by atoms with van der Waals surface area (Å²) in [6.45, 7) is 0. The molecule has 2 atom stereocenters. The predicted octanol–water partition coefficient (Wildman–Crippen LogP) is 2.01. The molecule has 138 valence electrons. The van der Waals surface area contributed by atoms with Gasteiger partial charge in [0, 0.05) is 31.2 Å². The van der Waals surface area contributed by atoms with Crippen LogP contribution in [0.3, 0.4) is 0 Å². The number of halogens is 1. The van der Waals surface area contributed by atoms with Crippen molar-refractivity contribution in [2.75, 3.05) is 7.05 Å². The molecule has 4 rings (SSSR count). The third kappa shape index (κ3) is 3.52. The number of carbonyl (C=O) groups is 1. The molecule has 0 radical (unpaired) electrons. The lowest BCUT2D eigenvalue weighted by molar-refractivity contribution is 0.0673. The van der Waals surface area contributed by atoms with Crippen LogP contribution >= 0.6 is 12.4 Å². The number of para-hydroxylation sites is 1. The molecule has 1 aromatic heterocycles. The molecule has 1 aromatic carbocycles. The van der Waals surface area contributed by atoms with Crippen LogP contribution in [0.25, 0.3) is 5.69 Å². The summed E-state index contributed by atoms with van der Waals surface area (Å²) in [5.41, 5.74) is 0.715. The Labute approximate surface area is 158 Å². The number of benzene rings is 1. The first-order valence-electron chi connectivity index (χ1n) is 8.81. The van der Waals surface area contributed by atoms with E-state index < -0.39 is 0 Å². The van der Waals surface area contributed by atoms with Crippen molar-refractivity contribution in [1.82, 2.24) is 20.0 Å². The van der Waals surface area contributed by atoms with Crippen molar-refractivity contribution in [3.63, 3.8) is 0 Å². The lowest BCUT2D eigenvalue weighted by atomic mass is 9.98. The Kier molecular flexibility index (Phi) is 5.44. The van der Waals surface area contributed by atoms with Crippen LogP contribution in [-0.4, -0.2) is 45.8 Å². The van der Waals surface area contributed by atoms with Crippen molar-refractivity contribution in [3.05, 3.63) is 58.5 Å². The molecular weight excluding hydrogens is 352 g/mol. The van der Waals surface area contributed by atoms with Crippen molar-refractivity contribution in [2.45, 2.75) is 43.8 Å². The zero-order chi connectivity index (χ0) is 17.4. The lowest BCUT2D eigenvalue weighted by Crippen LogP contribution is -2.49. The SMILES string of the molecule is CN(C(=O)c1ccc(=O)n(-c2ccccc2)n1)C1CC2CCC(C1)N2.Cl. The van der Waals surface area contributed by atoms with E-state index in [1.807, 2.05) is 25.2 Å². The monoisotopic (exact) mass is 374 g/mol. The van der Waals surface area contributed by atoms with Gasteiger partial charge in [-0.3, -0.25) is 9.59 Å². The molecule has 2 aliphatic heterocycles. The number of nitrogens with one attached hydrogen (secondary N) is 1. The summed E-state index contributed by atoms with van der Waals surface area (Å²) >= 11 is 0. The molecular formula is C19H23ClN4O2. The normalized spacial score (nSPS) is 24.0. The minimum atomic E-state index is -0.245. The fourth-order valence-electron chi connectivity index (χ4n) is 3.97. The molecule has 7 heteroatoms. The molecule has 0 spiro atoms. The first-order valence-corrected chi connectivity index (χ1v) is 8.81. The Hall–Kier alpha value is -2.18. The van der Waals surface area contributed by atoms with Gasteiger partial charge in [0.15, 0.2) is 0 Å². The quantitative estimate of drug-likeness (QED) is 0.892. The number of aromatic nitrogens is 2. The molecule has 2 unspecified atom stereocenters. The Balaban J connectivity index is 0.00000196. The smallest absolute Gasteiger partial charge is 0.274 e. The van der Waals surface area contributed by atoms with Crippen LogP contribution in [-0.2, 0) is 0 Å². The number of rotatable bonds is 3. The number of hydrogen-bond acceptors (Lipinski definition) is 4. The molecule has 2 saturated heterocycles. The van der Waals surface area contributed by atoms with Gasteiger partial charge in [-0.05, 0) is 43.9 Å². The summed E-state index contributed by atoms with van der Waals surface area (Å²) in [5.74, 6) is -0.129. The molecule has 26 heavy (non-hydrogen) atoms. The molecule has 1 amide bonds. The van der Waals surface area contributed by atoms with E-state index in [0.717, 1.165) is 12.8 Å². The van der Waals surface area contributed by atoms with Crippen molar-refractivity contribution < 1.29 is 4.79 Å². The second kappa shape index (κ2) is 7.60. The van der Waals surface area contributed by atoms with E-state index in [2.05, 4.69) is 10.4 Å². The first-order chi connectivity index (χ1) is 12.1. The Morgan fingerprint density at radius 1 is 1.12 bits per heavy atom. The van der Waals surface area contributed by atoms with Gasteiger partial charge in [-0.2, -0.15) is 9.78 Å². The van der Waals surface area contributed by atoms with Gasteiger partial charge in [0.1, 0.15) is 5.69 Å². The predicted molar refractivity (Wildman–Crippen MR) is 102 cm³/mol. The number of piperidine rings is 1. The fourth-order valence-corrected chi connectivity index (χ4v) is 3.97. The summed E-state index contributed by atoms with van der Waals surface area (Å²) in [6.07, 6.45) is 4.36. The maximum Gasteiger partial charge on any atom is 0.274 e. The Bertz CT molecular complexity index is 827. The standard InChI is InChI=1S/C19H22N4O2.ClH/c1-22(16-11-13-7-8-14(12-16)20-13)19(25)17-9-10-18(24)23(21-17)15-5-3-2-4-6-15;/h2-6,9-10,13-14,16,20H,7-8,11-12H2,1H3;1H. The minimum Gasteiger partial charge on any atom is -0.337 e. The third-order valence-electron chi connectivity index (χ3n) is 5.34. The van der Waals surface area contributed by atoms with Crippen LogP contribution in [0.4, 0.5) is 0 Å². The highest BCUT2D eigenvalue weighted by Crippen LogP contribution is 2.29. The molecule has 0 aliphatic carbocycles. The van der Waals surface area contributed by atoms with Crippen LogP contribution in [0.2, 0.25) is 0 Å². The van der Waals surface area contributed by atoms with E-state index in [0.29, 0.717) is 23.5 Å². The average Bonchev–Trinajstić information content (AvgIpc) is 2.99. The zero-order valence-corrected chi connectivity index (χ0v) is 15.5. The topological polar surface area (TPSA) is 67.2 Å². The second-order valence-electron chi connectivity index (χ2n) is 6.98. The lowest BCUT2D eigenvalue weighted by Gasteiger charge is -2.35. The maximum atomic E-state index is 12.9. The van der Waals surface area contributed by atoms with Gasteiger partial charge >= 0.3 is 0 Å². The zero-order valence-electron chi connectivity index (χ0n) is 14.7. The highest BCUT2D eigenvalue weighted by Gasteiger charge is 2.36. The molecule has 2 aromatic rings. The van der Waals surface area contributed by atoms with Crippen molar-refractivity contribution in [3.8, 4) is 5.69 Å². The maximum absolute atomic E-state index is 12.9. The molecule has 6 nitrogen and oxygen atoms in total. The van der Waals surface area contributed by atoms with E-state index in [-0.39, 0.29) is 29.9 Å². The van der Waals surface area contributed by atoms with E-state index in [4.69, 9.17) is 0 Å². The first kappa shape index (κ1) is 18.6. The number of fused-ring (bicyclic) bond motifs is 2. The molecule has 2 fully saturated rings. The van der Waals surface area contributed by atoms with Crippen LogP contribution in [0.15, 0.2) is 47.3 Å². The number of amides is 1. The van der Waals surface area contributed by atoms with Crippen LogP contribution in [0.1, 0.15) is 36.2 Å². The van der Waals surface area contributed by atoms with Gasteiger partial charge in [-0.25, -0.2) is 0 Å². The summed E-state index contributed by atoms with van der Waals surface area (Å²) in [4.78, 5) is 26.8. The van der Waals surface area contributed by atoms with E-state index >= 15 is 0 Å². The summed E-state index contributed by atoms with van der Waals surface area (Å²) < 4.78 is 1.28. The van der Waals surface area contributed by atoms with Gasteiger partial charge in [0.2, 0.25) is 0 Å². The van der Waals surface area contributed by atoms with Crippen LogP contribution < -0.4 is 10.9 Å². The van der Waals surface area contributed by atoms with Crippen molar-refractivity contribution >= 4 is 18.3 Å². The summed E-state index contributed by atoms with van der Waals surface area (Å²) in [7, 11) is 1.84. The summed E-state index contributed by atoms with van der Waals surface area (Å²) in [5, 5.41) is 7.90. The average molecular weight is 375 g/mol. The molecule has 1 N–H and O–H groups in total. The molecule has 2 bridgehead atoms. The van der Waals surface area contributed by atoms with E-state index in [1.54, 1.807) is 17.0 Å². The highest BCUT2D eigenvalue weighted by atomic mass is 35.5. The van der Waals surface area contributed by atoms with E-state index in [1.165, 1.54) is 29.7 Å². The van der Waals surface area contributed by atoms with Crippen molar-refractivity contribution in [1.29, 1.82) is 0 Å². The van der Waals surface area contributed by atoms with Crippen LogP contribution in [0, 0.1) is 0 Å². The van der Waals surface area contributed by atoms with Gasteiger partial charge in [0.05, 0.1) is 5.69 Å². The molecule has 0 saturated carbocycles. The Morgan fingerprint density at radius 3 is 2.42 bits per heavy atom. The molecule has 2 aliphatic rings.